The Labute approximate surface area is 115 Å². The Kier molecular flexibility index (Phi) is 4.25. The lowest BCUT2D eigenvalue weighted by molar-refractivity contribution is 0.101. The van der Waals surface area contributed by atoms with Gasteiger partial charge in [-0.1, -0.05) is 0 Å². The fourth-order valence-electron chi connectivity index (χ4n) is 2.47. The van der Waals surface area contributed by atoms with Crippen LogP contribution in [-0.2, 0) is 6.54 Å². The molecule has 0 aliphatic heterocycles. The fourth-order valence-corrected chi connectivity index (χ4v) is 2.47. The number of ether oxygens (including phenoxy) is 1. The first-order valence-corrected chi connectivity index (χ1v) is 6.91. The van der Waals surface area contributed by atoms with Crippen LogP contribution in [0.3, 0.4) is 0 Å². The van der Waals surface area contributed by atoms with E-state index in [0.29, 0.717) is 6.04 Å². The third kappa shape index (κ3) is 3.35. The standard InChI is InChI=1S/C16H23NO2/c1-11(13-5-6-13)17(3)10-15-9-14(12(2)18)7-8-16(15)19-4/h7-9,11,13H,5-6,10H2,1-4H3. The second-order valence-corrected chi connectivity index (χ2v) is 5.58. The molecule has 0 amide bonds. The molecule has 0 saturated heterocycles. The van der Waals surface area contributed by atoms with Gasteiger partial charge in [-0.25, -0.2) is 0 Å². The summed E-state index contributed by atoms with van der Waals surface area (Å²) in [4.78, 5) is 13.8. The lowest BCUT2D eigenvalue weighted by atomic mass is 10.1. The molecule has 0 radical (unpaired) electrons. The summed E-state index contributed by atoms with van der Waals surface area (Å²) in [5.41, 5.74) is 1.84. The Morgan fingerprint density at radius 3 is 2.68 bits per heavy atom. The van der Waals surface area contributed by atoms with E-state index in [4.69, 9.17) is 4.74 Å². The lowest BCUT2D eigenvalue weighted by Gasteiger charge is -2.25. The van der Waals surface area contributed by atoms with E-state index in [1.165, 1.54) is 12.8 Å². The molecule has 1 aliphatic carbocycles. The van der Waals surface area contributed by atoms with Crippen molar-refractivity contribution in [3.63, 3.8) is 0 Å². The summed E-state index contributed by atoms with van der Waals surface area (Å²) in [7, 11) is 3.82. The Hall–Kier alpha value is -1.35. The average Bonchev–Trinajstić information content (AvgIpc) is 3.21. The topological polar surface area (TPSA) is 29.5 Å². The minimum Gasteiger partial charge on any atom is -0.496 e. The van der Waals surface area contributed by atoms with Crippen molar-refractivity contribution in [2.24, 2.45) is 5.92 Å². The van der Waals surface area contributed by atoms with E-state index in [1.54, 1.807) is 14.0 Å². The quantitative estimate of drug-likeness (QED) is 0.737. The number of nitrogens with zero attached hydrogens (tertiary/aromatic N) is 1. The van der Waals surface area contributed by atoms with Crippen LogP contribution in [0.5, 0.6) is 5.75 Å². The van der Waals surface area contributed by atoms with Gasteiger partial charge in [0.25, 0.3) is 0 Å². The zero-order chi connectivity index (χ0) is 14.0. The van der Waals surface area contributed by atoms with Gasteiger partial charge >= 0.3 is 0 Å². The molecule has 0 N–H and O–H groups in total. The smallest absolute Gasteiger partial charge is 0.159 e. The normalized spacial score (nSPS) is 16.5. The highest BCUT2D eigenvalue weighted by molar-refractivity contribution is 5.94. The summed E-state index contributed by atoms with van der Waals surface area (Å²) in [6.07, 6.45) is 2.69. The van der Waals surface area contributed by atoms with Gasteiger partial charge in [-0.05, 0) is 57.9 Å². The van der Waals surface area contributed by atoms with Crippen molar-refractivity contribution < 1.29 is 9.53 Å². The van der Waals surface area contributed by atoms with E-state index in [1.807, 2.05) is 18.2 Å². The van der Waals surface area contributed by atoms with Crippen molar-refractivity contribution in [2.75, 3.05) is 14.2 Å². The van der Waals surface area contributed by atoms with Crippen LogP contribution >= 0.6 is 0 Å². The van der Waals surface area contributed by atoms with Crippen molar-refractivity contribution in [1.82, 2.24) is 4.90 Å². The molecule has 0 bridgehead atoms. The molecule has 0 heterocycles. The van der Waals surface area contributed by atoms with E-state index >= 15 is 0 Å². The van der Waals surface area contributed by atoms with Gasteiger partial charge in [0.05, 0.1) is 7.11 Å². The minimum atomic E-state index is 0.0989. The number of benzene rings is 1. The highest BCUT2D eigenvalue weighted by Crippen LogP contribution is 2.35. The zero-order valence-corrected chi connectivity index (χ0v) is 12.3. The molecule has 0 spiro atoms. The predicted molar refractivity (Wildman–Crippen MR) is 76.7 cm³/mol. The van der Waals surface area contributed by atoms with E-state index < -0.39 is 0 Å². The van der Waals surface area contributed by atoms with Crippen LogP contribution in [0.1, 0.15) is 42.6 Å². The largest absolute Gasteiger partial charge is 0.496 e. The Balaban J connectivity index is 2.16. The van der Waals surface area contributed by atoms with Crippen LogP contribution < -0.4 is 4.74 Å². The summed E-state index contributed by atoms with van der Waals surface area (Å²) in [5, 5.41) is 0. The Bertz CT molecular complexity index is 466. The molecule has 1 aromatic carbocycles. The molecule has 1 saturated carbocycles. The molecule has 1 atom stereocenters. The third-order valence-electron chi connectivity index (χ3n) is 4.11. The van der Waals surface area contributed by atoms with E-state index in [2.05, 4.69) is 18.9 Å². The monoisotopic (exact) mass is 261 g/mol. The van der Waals surface area contributed by atoms with Gasteiger partial charge in [-0.15, -0.1) is 0 Å². The van der Waals surface area contributed by atoms with Gasteiger partial charge in [-0.2, -0.15) is 0 Å². The maximum absolute atomic E-state index is 11.5. The van der Waals surface area contributed by atoms with Crippen molar-refractivity contribution in [3.8, 4) is 5.75 Å². The first-order chi connectivity index (χ1) is 9.02. The van der Waals surface area contributed by atoms with E-state index in [0.717, 1.165) is 29.3 Å². The average molecular weight is 261 g/mol. The minimum absolute atomic E-state index is 0.0989. The summed E-state index contributed by atoms with van der Waals surface area (Å²) in [5.74, 6) is 1.80. The molecule has 3 heteroatoms. The third-order valence-corrected chi connectivity index (χ3v) is 4.11. The molecular weight excluding hydrogens is 238 g/mol. The lowest BCUT2D eigenvalue weighted by Crippen LogP contribution is -2.30. The molecular formula is C16H23NO2. The molecule has 104 valence electrons. The number of hydrogen-bond acceptors (Lipinski definition) is 3. The van der Waals surface area contributed by atoms with Gasteiger partial charge in [0.1, 0.15) is 5.75 Å². The van der Waals surface area contributed by atoms with Crippen LogP contribution in [0.25, 0.3) is 0 Å². The number of ketones is 1. The predicted octanol–water partition coefficient (Wildman–Crippen LogP) is 3.13. The van der Waals surface area contributed by atoms with Gasteiger partial charge in [-0.3, -0.25) is 9.69 Å². The van der Waals surface area contributed by atoms with Crippen LogP contribution in [0, 0.1) is 5.92 Å². The first kappa shape index (κ1) is 14.1. The molecule has 1 fully saturated rings. The SMILES string of the molecule is COc1ccc(C(C)=O)cc1CN(C)C(C)C1CC1. The summed E-state index contributed by atoms with van der Waals surface area (Å²) in [6, 6.07) is 6.26. The van der Waals surface area contributed by atoms with E-state index in [9.17, 15) is 4.79 Å². The van der Waals surface area contributed by atoms with Crippen LogP contribution in [0.2, 0.25) is 0 Å². The maximum atomic E-state index is 11.5. The maximum Gasteiger partial charge on any atom is 0.159 e. The van der Waals surface area contributed by atoms with Gasteiger partial charge < -0.3 is 4.74 Å². The van der Waals surface area contributed by atoms with Crippen molar-refractivity contribution in [2.45, 2.75) is 39.3 Å². The molecule has 0 aromatic heterocycles. The highest BCUT2D eigenvalue weighted by atomic mass is 16.5. The number of Topliss-reactive ketones (excluding diaryl/α,β-unsaturated/α-hetero) is 1. The number of carbonyl (C=O) groups excluding carboxylic acids is 1. The number of carbonyl (C=O) groups is 1. The van der Waals surface area contributed by atoms with Crippen LogP contribution in [0.4, 0.5) is 0 Å². The van der Waals surface area contributed by atoms with Crippen LogP contribution in [0.15, 0.2) is 18.2 Å². The summed E-state index contributed by atoms with van der Waals surface area (Å²) >= 11 is 0. The van der Waals surface area contributed by atoms with Crippen LogP contribution in [-0.4, -0.2) is 30.9 Å². The Morgan fingerprint density at radius 1 is 1.47 bits per heavy atom. The van der Waals surface area contributed by atoms with Crippen molar-refractivity contribution >= 4 is 5.78 Å². The van der Waals surface area contributed by atoms with Gasteiger partial charge in [0.15, 0.2) is 5.78 Å². The summed E-state index contributed by atoms with van der Waals surface area (Å²) in [6.45, 7) is 4.70. The van der Waals surface area contributed by atoms with E-state index in [-0.39, 0.29) is 5.78 Å². The van der Waals surface area contributed by atoms with Gasteiger partial charge in [0, 0.05) is 23.7 Å². The number of methoxy groups -OCH3 is 1. The molecule has 19 heavy (non-hydrogen) atoms. The van der Waals surface area contributed by atoms with Crippen molar-refractivity contribution in [3.05, 3.63) is 29.3 Å². The molecule has 1 aromatic rings. The number of hydrogen-bond donors (Lipinski definition) is 0. The molecule has 2 rings (SSSR count). The number of rotatable bonds is 6. The zero-order valence-electron chi connectivity index (χ0n) is 12.3. The second kappa shape index (κ2) is 5.74. The molecule has 3 nitrogen and oxygen atoms in total. The first-order valence-electron chi connectivity index (χ1n) is 6.91. The highest BCUT2D eigenvalue weighted by Gasteiger charge is 2.30. The Morgan fingerprint density at radius 2 is 2.16 bits per heavy atom. The molecule has 1 unspecified atom stereocenters. The summed E-state index contributed by atoms with van der Waals surface area (Å²) < 4.78 is 5.40. The molecule has 1 aliphatic rings. The van der Waals surface area contributed by atoms with Gasteiger partial charge in [0.2, 0.25) is 0 Å². The second-order valence-electron chi connectivity index (χ2n) is 5.58. The fraction of sp³-hybridized carbons (Fsp3) is 0.562. The van der Waals surface area contributed by atoms with Crippen molar-refractivity contribution in [1.29, 1.82) is 0 Å².